The van der Waals surface area contributed by atoms with E-state index in [-0.39, 0.29) is 16.8 Å². The van der Waals surface area contributed by atoms with Crippen molar-refractivity contribution < 1.29 is 0 Å². The van der Waals surface area contributed by atoms with E-state index in [9.17, 15) is 4.79 Å². The minimum Gasteiger partial charge on any atom is -0.382 e. The molecule has 0 unspecified atom stereocenters. The maximum atomic E-state index is 12.5. The Morgan fingerprint density at radius 3 is 2.63 bits per heavy atom. The molecular formula is C19H21N7O. The van der Waals surface area contributed by atoms with Gasteiger partial charge in [-0.2, -0.15) is 10.2 Å². The second-order valence-electron chi connectivity index (χ2n) is 7.58. The Labute approximate surface area is 155 Å². The highest BCUT2D eigenvalue weighted by molar-refractivity contribution is 5.86. The molecule has 3 aromatic heterocycles. The van der Waals surface area contributed by atoms with Crippen molar-refractivity contribution in [1.82, 2.24) is 29.9 Å². The molecule has 0 bridgehead atoms. The Morgan fingerprint density at radius 2 is 1.93 bits per heavy atom. The first-order chi connectivity index (χ1) is 12.8. The van der Waals surface area contributed by atoms with Crippen LogP contribution in [-0.2, 0) is 12.5 Å². The number of aryl methyl sites for hydroxylation is 1. The van der Waals surface area contributed by atoms with Crippen molar-refractivity contribution in [2.75, 3.05) is 5.73 Å². The van der Waals surface area contributed by atoms with Gasteiger partial charge in [0.25, 0.3) is 5.56 Å². The van der Waals surface area contributed by atoms with E-state index in [1.165, 1.54) is 0 Å². The molecule has 0 saturated carbocycles. The summed E-state index contributed by atoms with van der Waals surface area (Å²) in [6.45, 7) is 6.37. The second kappa shape index (κ2) is 5.80. The quantitative estimate of drug-likeness (QED) is 0.506. The summed E-state index contributed by atoms with van der Waals surface area (Å²) < 4.78 is 1.84. The number of rotatable bonds is 2. The maximum Gasteiger partial charge on any atom is 0.259 e. The standard InChI is InChI=1S/C19H21N7O/c1-19(2,3)13-9-12(25-26(13)4)15-14(16(20)24-23-15)17-21-11-8-6-5-7-10(11)18(27)22-17/h5-9H,1-4H3,(H3,20,23,24)(H,21,22,27). The number of fused-ring (bicyclic) bond motifs is 1. The number of hydrogen-bond acceptors (Lipinski definition) is 5. The summed E-state index contributed by atoms with van der Waals surface area (Å²) in [5, 5.41) is 12.2. The van der Waals surface area contributed by atoms with Gasteiger partial charge < -0.3 is 10.7 Å². The highest BCUT2D eigenvalue weighted by Crippen LogP contribution is 2.34. The van der Waals surface area contributed by atoms with Crippen LogP contribution in [0.25, 0.3) is 33.7 Å². The van der Waals surface area contributed by atoms with E-state index in [1.807, 2.05) is 23.9 Å². The monoisotopic (exact) mass is 363 g/mol. The number of benzene rings is 1. The van der Waals surface area contributed by atoms with Crippen LogP contribution in [0, 0.1) is 0 Å². The smallest absolute Gasteiger partial charge is 0.259 e. The predicted molar refractivity (Wildman–Crippen MR) is 105 cm³/mol. The summed E-state index contributed by atoms with van der Waals surface area (Å²) in [5.74, 6) is 0.620. The fourth-order valence-electron chi connectivity index (χ4n) is 3.28. The number of nitrogen functional groups attached to an aromatic ring is 1. The van der Waals surface area contributed by atoms with Crippen LogP contribution < -0.4 is 11.3 Å². The Morgan fingerprint density at radius 1 is 1.19 bits per heavy atom. The predicted octanol–water partition coefficient (Wildman–Crippen LogP) is 2.59. The average molecular weight is 363 g/mol. The number of hydrogen-bond donors (Lipinski definition) is 3. The van der Waals surface area contributed by atoms with E-state index < -0.39 is 0 Å². The molecule has 0 aliphatic carbocycles. The van der Waals surface area contributed by atoms with Gasteiger partial charge in [0.2, 0.25) is 0 Å². The van der Waals surface area contributed by atoms with Crippen LogP contribution in [0.5, 0.6) is 0 Å². The molecule has 0 aliphatic heterocycles. The number of aromatic amines is 2. The molecule has 8 heteroatoms. The number of nitrogens with zero attached hydrogens (tertiary/aromatic N) is 4. The van der Waals surface area contributed by atoms with Crippen molar-refractivity contribution in [3.63, 3.8) is 0 Å². The fourth-order valence-corrected chi connectivity index (χ4v) is 3.28. The third-order valence-corrected chi connectivity index (χ3v) is 4.55. The first-order valence-electron chi connectivity index (χ1n) is 8.64. The zero-order chi connectivity index (χ0) is 19.3. The molecule has 3 heterocycles. The second-order valence-corrected chi connectivity index (χ2v) is 7.58. The van der Waals surface area contributed by atoms with Crippen molar-refractivity contribution in [3.8, 4) is 22.8 Å². The number of para-hydroxylation sites is 1. The van der Waals surface area contributed by atoms with Crippen LogP contribution in [0.4, 0.5) is 5.82 Å². The Kier molecular flexibility index (Phi) is 3.66. The number of H-pyrrole nitrogens is 2. The molecule has 27 heavy (non-hydrogen) atoms. The average Bonchev–Trinajstić information content (AvgIpc) is 3.17. The van der Waals surface area contributed by atoms with E-state index >= 15 is 0 Å². The summed E-state index contributed by atoms with van der Waals surface area (Å²) in [6.07, 6.45) is 0. The minimum absolute atomic E-state index is 0.0682. The third kappa shape index (κ3) is 2.79. The zero-order valence-corrected chi connectivity index (χ0v) is 15.7. The Balaban J connectivity index is 1.93. The SMILES string of the molecule is Cn1nc(-c2[nH]nc(N)c2-c2nc3ccccc3c(=O)[nH]2)cc1C(C)(C)C. The lowest BCUT2D eigenvalue weighted by Gasteiger charge is -2.17. The van der Waals surface area contributed by atoms with E-state index in [0.29, 0.717) is 33.7 Å². The summed E-state index contributed by atoms with van der Waals surface area (Å²) in [6, 6.07) is 9.17. The first-order valence-corrected chi connectivity index (χ1v) is 8.64. The van der Waals surface area contributed by atoms with E-state index in [0.717, 1.165) is 5.69 Å². The van der Waals surface area contributed by atoms with Crippen LogP contribution in [0.2, 0.25) is 0 Å². The van der Waals surface area contributed by atoms with Gasteiger partial charge >= 0.3 is 0 Å². The first kappa shape index (κ1) is 17.0. The lowest BCUT2D eigenvalue weighted by molar-refractivity contribution is 0.523. The van der Waals surface area contributed by atoms with Gasteiger partial charge in [0.05, 0.1) is 22.2 Å². The van der Waals surface area contributed by atoms with Crippen LogP contribution in [0.15, 0.2) is 35.1 Å². The Bertz CT molecular complexity index is 1210. The molecule has 4 aromatic rings. The molecule has 4 N–H and O–H groups in total. The van der Waals surface area contributed by atoms with E-state index in [1.54, 1.807) is 18.2 Å². The number of nitrogens with one attached hydrogen (secondary N) is 2. The van der Waals surface area contributed by atoms with Gasteiger partial charge in [-0.25, -0.2) is 4.98 Å². The highest BCUT2D eigenvalue weighted by Gasteiger charge is 2.24. The van der Waals surface area contributed by atoms with Gasteiger partial charge in [-0.15, -0.1) is 0 Å². The van der Waals surface area contributed by atoms with Crippen LogP contribution >= 0.6 is 0 Å². The van der Waals surface area contributed by atoms with Gasteiger partial charge in [0, 0.05) is 18.2 Å². The molecule has 8 nitrogen and oxygen atoms in total. The summed E-state index contributed by atoms with van der Waals surface area (Å²) in [4.78, 5) is 19.8. The van der Waals surface area contributed by atoms with Gasteiger partial charge in [-0.3, -0.25) is 14.6 Å². The van der Waals surface area contributed by atoms with Crippen molar-refractivity contribution >= 4 is 16.7 Å². The van der Waals surface area contributed by atoms with Gasteiger partial charge in [-0.05, 0) is 18.2 Å². The molecular weight excluding hydrogens is 342 g/mol. The van der Waals surface area contributed by atoms with Crippen molar-refractivity contribution in [3.05, 3.63) is 46.4 Å². The molecule has 138 valence electrons. The number of aromatic nitrogens is 6. The molecule has 1 aromatic carbocycles. The normalized spacial score (nSPS) is 12.0. The number of anilines is 1. The molecule has 0 spiro atoms. The molecule has 0 atom stereocenters. The molecule has 0 amide bonds. The third-order valence-electron chi connectivity index (χ3n) is 4.55. The van der Waals surface area contributed by atoms with Crippen molar-refractivity contribution in [2.24, 2.45) is 7.05 Å². The summed E-state index contributed by atoms with van der Waals surface area (Å²) in [7, 11) is 1.90. The fraction of sp³-hybridized carbons (Fsp3) is 0.263. The number of nitrogens with two attached hydrogens (primary N) is 1. The molecule has 0 radical (unpaired) electrons. The summed E-state index contributed by atoms with van der Waals surface area (Å²) >= 11 is 0. The maximum absolute atomic E-state index is 12.5. The largest absolute Gasteiger partial charge is 0.382 e. The van der Waals surface area contributed by atoms with Gasteiger partial charge in [-0.1, -0.05) is 32.9 Å². The van der Waals surface area contributed by atoms with Crippen LogP contribution in [0.1, 0.15) is 26.5 Å². The van der Waals surface area contributed by atoms with E-state index in [4.69, 9.17) is 5.73 Å². The molecule has 0 aliphatic rings. The topological polar surface area (TPSA) is 118 Å². The highest BCUT2D eigenvalue weighted by atomic mass is 16.1. The van der Waals surface area contributed by atoms with Crippen molar-refractivity contribution in [2.45, 2.75) is 26.2 Å². The lowest BCUT2D eigenvalue weighted by Crippen LogP contribution is -2.16. The zero-order valence-electron chi connectivity index (χ0n) is 15.7. The molecule has 4 rings (SSSR count). The summed E-state index contributed by atoms with van der Waals surface area (Å²) in [5.41, 5.74) is 9.32. The molecule has 0 saturated heterocycles. The van der Waals surface area contributed by atoms with Crippen LogP contribution in [-0.4, -0.2) is 29.9 Å². The van der Waals surface area contributed by atoms with E-state index in [2.05, 4.69) is 46.0 Å². The minimum atomic E-state index is -0.224. The molecule has 0 fully saturated rings. The van der Waals surface area contributed by atoms with Gasteiger partial charge in [0.15, 0.2) is 5.82 Å². The van der Waals surface area contributed by atoms with Crippen molar-refractivity contribution in [1.29, 1.82) is 0 Å². The lowest BCUT2D eigenvalue weighted by atomic mass is 9.91. The van der Waals surface area contributed by atoms with Gasteiger partial charge in [0.1, 0.15) is 11.5 Å². The Hall–Kier alpha value is -3.42. The van der Waals surface area contributed by atoms with Crippen LogP contribution in [0.3, 0.4) is 0 Å².